The molecule has 1 atom stereocenters. The minimum atomic E-state index is -0.601. The fourth-order valence-corrected chi connectivity index (χ4v) is 3.42. The Morgan fingerprint density at radius 1 is 1.25 bits per heavy atom. The van der Waals surface area contributed by atoms with Gasteiger partial charge < -0.3 is 10.2 Å². The lowest BCUT2D eigenvalue weighted by Crippen LogP contribution is -2.44. The summed E-state index contributed by atoms with van der Waals surface area (Å²) < 4.78 is 12.9. The average Bonchev–Trinajstić information content (AvgIpc) is 3.07. The summed E-state index contributed by atoms with van der Waals surface area (Å²) in [6, 6.07) is 4.89. The largest absolute Gasteiger partial charge is 0.324 e. The molecule has 1 saturated heterocycles. The van der Waals surface area contributed by atoms with Crippen LogP contribution >= 0.6 is 11.8 Å². The predicted octanol–water partition coefficient (Wildman–Crippen LogP) is 2.08. The normalized spacial score (nSPS) is 16.9. The fourth-order valence-electron chi connectivity index (χ4n) is 2.27. The van der Waals surface area contributed by atoms with Crippen LogP contribution in [0.25, 0.3) is 0 Å². The number of rotatable bonds is 3. The van der Waals surface area contributed by atoms with Crippen molar-refractivity contribution in [2.24, 2.45) is 0 Å². The Bertz CT molecular complexity index is 752. The highest BCUT2D eigenvalue weighted by molar-refractivity contribution is 7.99. The minimum Gasteiger partial charge on any atom is -0.324 e. The zero-order valence-corrected chi connectivity index (χ0v) is 13.7. The van der Waals surface area contributed by atoms with E-state index < -0.39 is 6.04 Å². The first-order valence-electron chi connectivity index (χ1n) is 7.28. The van der Waals surface area contributed by atoms with E-state index in [0.29, 0.717) is 23.0 Å². The van der Waals surface area contributed by atoms with E-state index in [9.17, 15) is 14.0 Å². The van der Waals surface area contributed by atoms with Gasteiger partial charge in [0.2, 0.25) is 5.91 Å². The monoisotopic (exact) mass is 346 g/mol. The number of benzene rings is 1. The molecule has 2 aromatic rings. The van der Waals surface area contributed by atoms with Crippen molar-refractivity contribution in [2.75, 3.05) is 16.9 Å². The zero-order valence-electron chi connectivity index (χ0n) is 12.9. The number of hydrogen-bond donors (Lipinski definition) is 1. The molecule has 24 heavy (non-hydrogen) atoms. The van der Waals surface area contributed by atoms with E-state index in [1.54, 1.807) is 6.92 Å². The van der Waals surface area contributed by atoms with Gasteiger partial charge in [-0.15, -0.1) is 11.8 Å². The number of halogens is 1. The summed E-state index contributed by atoms with van der Waals surface area (Å²) in [6.45, 7) is 1.78. The number of carbonyl (C=O) groups is 2. The standard InChI is InChI=1S/C16H15FN4O2S/c1-10-6-19-13(7-18-10)16(23)21-9-24-8-14(21)15(22)20-12-4-2-11(17)3-5-12/h2-7,14H,8-9H2,1H3,(H,20,22)/t14-/m1/s1. The summed E-state index contributed by atoms with van der Waals surface area (Å²) in [5, 5.41) is 2.71. The van der Waals surface area contributed by atoms with Crippen LogP contribution in [0.4, 0.5) is 10.1 Å². The lowest BCUT2D eigenvalue weighted by molar-refractivity contribution is -0.119. The molecule has 0 bridgehead atoms. The number of nitrogens with zero attached hydrogens (tertiary/aromatic N) is 3. The Balaban J connectivity index is 1.72. The summed E-state index contributed by atoms with van der Waals surface area (Å²) in [5.41, 5.74) is 1.41. The van der Waals surface area contributed by atoms with E-state index in [-0.39, 0.29) is 23.3 Å². The van der Waals surface area contributed by atoms with Gasteiger partial charge in [-0.05, 0) is 31.2 Å². The van der Waals surface area contributed by atoms with Crippen molar-refractivity contribution in [3.63, 3.8) is 0 Å². The second-order valence-corrected chi connectivity index (χ2v) is 6.33. The SMILES string of the molecule is Cc1cnc(C(=O)N2CSC[C@@H]2C(=O)Nc2ccc(F)cc2)cn1. The summed E-state index contributed by atoms with van der Waals surface area (Å²) in [5.74, 6) is -0.0977. The van der Waals surface area contributed by atoms with Gasteiger partial charge in [-0.3, -0.25) is 14.6 Å². The van der Waals surface area contributed by atoms with Crippen molar-refractivity contribution in [1.29, 1.82) is 0 Å². The number of nitrogens with one attached hydrogen (secondary N) is 1. The van der Waals surface area contributed by atoms with Gasteiger partial charge in [0.25, 0.3) is 5.91 Å². The van der Waals surface area contributed by atoms with E-state index in [0.717, 1.165) is 0 Å². The van der Waals surface area contributed by atoms with Gasteiger partial charge >= 0.3 is 0 Å². The molecule has 1 N–H and O–H groups in total. The Labute approximate surface area is 142 Å². The van der Waals surface area contributed by atoms with Gasteiger partial charge in [0.05, 0.1) is 17.8 Å². The van der Waals surface area contributed by atoms with Gasteiger partial charge in [-0.25, -0.2) is 9.37 Å². The van der Waals surface area contributed by atoms with E-state index in [1.807, 2.05) is 0 Å². The second-order valence-electron chi connectivity index (χ2n) is 5.33. The van der Waals surface area contributed by atoms with E-state index >= 15 is 0 Å². The first-order chi connectivity index (χ1) is 11.5. The number of thioether (sulfide) groups is 1. The van der Waals surface area contributed by atoms with Crippen LogP contribution in [0.1, 0.15) is 16.2 Å². The highest BCUT2D eigenvalue weighted by Gasteiger charge is 2.35. The Morgan fingerprint density at radius 3 is 2.67 bits per heavy atom. The van der Waals surface area contributed by atoms with Crippen molar-refractivity contribution in [1.82, 2.24) is 14.9 Å². The lowest BCUT2D eigenvalue weighted by Gasteiger charge is -2.22. The number of anilines is 1. The molecule has 124 valence electrons. The Hall–Kier alpha value is -2.48. The maximum Gasteiger partial charge on any atom is 0.275 e. The molecule has 6 nitrogen and oxygen atoms in total. The molecule has 1 aliphatic rings. The van der Waals surface area contributed by atoms with E-state index in [2.05, 4.69) is 15.3 Å². The van der Waals surface area contributed by atoms with Crippen LogP contribution < -0.4 is 5.32 Å². The van der Waals surface area contributed by atoms with Crippen LogP contribution in [-0.2, 0) is 4.79 Å². The molecule has 0 spiro atoms. The number of amides is 2. The van der Waals surface area contributed by atoms with Gasteiger partial charge in [0.15, 0.2) is 0 Å². The number of aromatic nitrogens is 2. The van der Waals surface area contributed by atoms with Crippen LogP contribution in [-0.4, -0.2) is 44.4 Å². The summed E-state index contributed by atoms with van der Waals surface area (Å²) in [4.78, 5) is 34.6. The number of carbonyl (C=O) groups excluding carboxylic acids is 2. The molecule has 0 aliphatic carbocycles. The smallest absolute Gasteiger partial charge is 0.275 e. The molecule has 0 unspecified atom stereocenters. The average molecular weight is 346 g/mol. The van der Waals surface area contributed by atoms with Crippen molar-refractivity contribution in [2.45, 2.75) is 13.0 Å². The molecule has 1 aromatic heterocycles. The molecule has 3 rings (SSSR count). The topological polar surface area (TPSA) is 75.2 Å². The van der Waals surface area contributed by atoms with Crippen molar-refractivity contribution < 1.29 is 14.0 Å². The molecule has 0 radical (unpaired) electrons. The Kier molecular flexibility index (Phi) is 4.75. The van der Waals surface area contributed by atoms with Gasteiger partial charge in [0.1, 0.15) is 17.6 Å². The van der Waals surface area contributed by atoms with Crippen LogP contribution in [0.15, 0.2) is 36.7 Å². The summed E-state index contributed by atoms with van der Waals surface area (Å²) in [6.07, 6.45) is 2.93. The second kappa shape index (κ2) is 6.96. The van der Waals surface area contributed by atoms with E-state index in [4.69, 9.17) is 0 Å². The maximum absolute atomic E-state index is 12.9. The van der Waals surface area contributed by atoms with Crippen molar-refractivity contribution in [3.05, 3.63) is 53.9 Å². The van der Waals surface area contributed by atoms with Crippen LogP contribution in [0, 0.1) is 12.7 Å². The number of hydrogen-bond acceptors (Lipinski definition) is 5. The summed E-state index contributed by atoms with van der Waals surface area (Å²) >= 11 is 1.49. The summed E-state index contributed by atoms with van der Waals surface area (Å²) in [7, 11) is 0. The molecule has 0 saturated carbocycles. The first kappa shape index (κ1) is 16.4. The predicted molar refractivity (Wildman–Crippen MR) is 89.1 cm³/mol. The Morgan fingerprint density at radius 2 is 2.00 bits per heavy atom. The maximum atomic E-state index is 12.9. The third-order valence-corrected chi connectivity index (χ3v) is 4.57. The van der Waals surface area contributed by atoms with Crippen molar-refractivity contribution in [3.8, 4) is 0 Å². The molecule has 1 fully saturated rings. The van der Waals surface area contributed by atoms with Crippen LogP contribution in [0.2, 0.25) is 0 Å². The van der Waals surface area contributed by atoms with Gasteiger partial charge in [-0.1, -0.05) is 0 Å². The molecule has 1 aromatic carbocycles. The third-order valence-electron chi connectivity index (χ3n) is 3.56. The highest BCUT2D eigenvalue weighted by Crippen LogP contribution is 2.24. The molecular formula is C16H15FN4O2S. The fraction of sp³-hybridized carbons (Fsp3) is 0.250. The molecule has 1 aliphatic heterocycles. The molecule has 8 heteroatoms. The van der Waals surface area contributed by atoms with Gasteiger partial charge in [0, 0.05) is 17.6 Å². The van der Waals surface area contributed by atoms with Crippen LogP contribution in [0.5, 0.6) is 0 Å². The molecule has 2 heterocycles. The first-order valence-corrected chi connectivity index (χ1v) is 8.44. The van der Waals surface area contributed by atoms with E-state index in [1.165, 1.54) is 53.3 Å². The molecular weight excluding hydrogens is 331 g/mol. The third kappa shape index (κ3) is 3.53. The van der Waals surface area contributed by atoms with Crippen molar-refractivity contribution >= 4 is 29.3 Å². The molecule has 2 amide bonds. The quantitative estimate of drug-likeness (QED) is 0.921. The number of aryl methyl sites for hydroxylation is 1. The highest BCUT2D eigenvalue weighted by atomic mass is 32.2. The van der Waals surface area contributed by atoms with Gasteiger partial charge in [-0.2, -0.15) is 0 Å². The van der Waals surface area contributed by atoms with Crippen LogP contribution in [0.3, 0.4) is 0 Å². The zero-order chi connectivity index (χ0) is 17.1. The minimum absolute atomic E-state index is 0.211. The lowest BCUT2D eigenvalue weighted by atomic mass is 10.2.